The number of nitrogens with zero attached hydrogens (tertiary/aromatic N) is 1. The topological polar surface area (TPSA) is 35.8 Å². The average molecular weight is 253 g/mol. The summed E-state index contributed by atoms with van der Waals surface area (Å²) in [5.74, 6) is -0.384. The van der Waals surface area contributed by atoms with E-state index in [2.05, 4.69) is 11.4 Å². The number of halogens is 2. The minimum atomic E-state index is -0.384. The molecular formula is C13H14ClFN2. The highest BCUT2D eigenvalue weighted by molar-refractivity contribution is 6.30. The van der Waals surface area contributed by atoms with E-state index in [1.807, 2.05) is 0 Å². The molecule has 1 aliphatic rings. The molecule has 1 saturated carbocycles. The second-order valence-corrected chi connectivity index (χ2v) is 4.97. The van der Waals surface area contributed by atoms with Gasteiger partial charge in [-0.2, -0.15) is 5.26 Å². The van der Waals surface area contributed by atoms with Crippen molar-refractivity contribution in [3.05, 3.63) is 34.6 Å². The third kappa shape index (κ3) is 3.18. The van der Waals surface area contributed by atoms with Crippen LogP contribution in [0.2, 0.25) is 5.02 Å². The summed E-state index contributed by atoms with van der Waals surface area (Å²) >= 11 is 5.69. The first-order chi connectivity index (χ1) is 8.15. The molecule has 1 N–H and O–H groups in total. The first-order valence-corrected chi connectivity index (χ1v) is 6.09. The van der Waals surface area contributed by atoms with Crippen molar-refractivity contribution < 1.29 is 4.39 Å². The van der Waals surface area contributed by atoms with Crippen LogP contribution in [0.1, 0.15) is 18.4 Å². The van der Waals surface area contributed by atoms with Crippen LogP contribution in [0.25, 0.3) is 0 Å². The Kier molecular flexibility index (Phi) is 3.66. The second-order valence-electron chi connectivity index (χ2n) is 4.57. The summed E-state index contributed by atoms with van der Waals surface area (Å²) in [6.45, 7) is 1.53. The smallest absolute Gasteiger partial charge is 0.141 e. The number of benzene rings is 1. The van der Waals surface area contributed by atoms with Gasteiger partial charge in [0.2, 0.25) is 0 Å². The first kappa shape index (κ1) is 12.3. The van der Waals surface area contributed by atoms with Gasteiger partial charge in [-0.15, -0.1) is 0 Å². The van der Waals surface area contributed by atoms with E-state index in [0.717, 1.165) is 37.9 Å². The normalized spacial score (nSPS) is 16.5. The predicted molar refractivity (Wildman–Crippen MR) is 65.3 cm³/mol. The lowest BCUT2D eigenvalue weighted by atomic mass is 10.1. The summed E-state index contributed by atoms with van der Waals surface area (Å²) in [5, 5.41) is 12.3. The van der Waals surface area contributed by atoms with Gasteiger partial charge in [0.05, 0.1) is 16.5 Å². The lowest BCUT2D eigenvalue weighted by Gasteiger charge is -2.08. The zero-order valence-electron chi connectivity index (χ0n) is 9.47. The van der Waals surface area contributed by atoms with E-state index >= 15 is 0 Å². The SMILES string of the molecule is N#CC1(CNCCc2ccc(F)c(Cl)c2)CC1. The second kappa shape index (κ2) is 5.03. The van der Waals surface area contributed by atoms with Crippen molar-refractivity contribution in [1.29, 1.82) is 5.26 Å². The van der Waals surface area contributed by atoms with Gasteiger partial charge >= 0.3 is 0 Å². The van der Waals surface area contributed by atoms with Crippen molar-refractivity contribution in [3.63, 3.8) is 0 Å². The molecule has 0 atom stereocenters. The van der Waals surface area contributed by atoms with E-state index in [1.54, 1.807) is 12.1 Å². The first-order valence-electron chi connectivity index (χ1n) is 5.71. The van der Waals surface area contributed by atoms with Crippen molar-refractivity contribution in [2.24, 2.45) is 5.41 Å². The Hall–Kier alpha value is -1.11. The van der Waals surface area contributed by atoms with Crippen LogP contribution in [0.5, 0.6) is 0 Å². The third-order valence-corrected chi connectivity index (χ3v) is 3.42. The maximum atomic E-state index is 12.9. The van der Waals surface area contributed by atoms with Crippen molar-refractivity contribution in [3.8, 4) is 6.07 Å². The Morgan fingerprint density at radius 1 is 1.47 bits per heavy atom. The number of nitriles is 1. The molecule has 0 radical (unpaired) electrons. The summed E-state index contributed by atoms with van der Waals surface area (Å²) < 4.78 is 12.9. The van der Waals surface area contributed by atoms with Crippen molar-refractivity contribution in [2.75, 3.05) is 13.1 Å². The van der Waals surface area contributed by atoms with Crippen LogP contribution >= 0.6 is 11.6 Å². The Morgan fingerprint density at radius 3 is 2.82 bits per heavy atom. The minimum Gasteiger partial charge on any atom is -0.315 e. The number of hydrogen-bond acceptors (Lipinski definition) is 2. The van der Waals surface area contributed by atoms with E-state index in [9.17, 15) is 4.39 Å². The van der Waals surface area contributed by atoms with Gasteiger partial charge in [0.1, 0.15) is 5.82 Å². The fraction of sp³-hybridized carbons (Fsp3) is 0.462. The van der Waals surface area contributed by atoms with Crippen LogP contribution < -0.4 is 5.32 Å². The maximum Gasteiger partial charge on any atom is 0.141 e. The van der Waals surface area contributed by atoms with Gasteiger partial charge in [-0.3, -0.25) is 0 Å². The summed E-state index contributed by atoms with van der Waals surface area (Å²) in [6, 6.07) is 7.10. The summed E-state index contributed by atoms with van der Waals surface area (Å²) in [7, 11) is 0. The fourth-order valence-corrected chi connectivity index (χ4v) is 1.94. The standard InChI is InChI=1S/C13H14ClFN2/c14-11-7-10(1-2-12(11)15)3-6-17-9-13(8-16)4-5-13/h1-2,7,17H,3-6,9H2. The molecule has 1 aromatic carbocycles. The molecule has 0 saturated heterocycles. The van der Waals surface area contributed by atoms with Gasteiger partial charge in [0, 0.05) is 6.54 Å². The third-order valence-electron chi connectivity index (χ3n) is 3.13. The monoisotopic (exact) mass is 252 g/mol. The van der Waals surface area contributed by atoms with E-state index < -0.39 is 0 Å². The lowest BCUT2D eigenvalue weighted by molar-refractivity contribution is 0.560. The Bertz CT molecular complexity index is 449. The highest BCUT2D eigenvalue weighted by atomic mass is 35.5. The average Bonchev–Trinajstić information content (AvgIpc) is 3.10. The summed E-state index contributed by atoms with van der Waals surface area (Å²) in [6.07, 6.45) is 2.79. The quantitative estimate of drug-likeness (QED) is 0.818. The summed E-state index contributed by atoms with van der Waals surface area (Å²) in [5.41, 5.74) is 0.895. The van der Waals surface area contributed by atoms with Crippen LogP contribution in [-0.4, -0.2) is 13.1 Å². The highest BCUT2D eigenvalue weighted by Gasteiger charge is 2.42. The lowest BCUT2D eigenvalue weighted by Crippen LogP contribution is -2.25. The predicted octanol–water partition coefficient (Wildman–Crippen LogP) is 2.91. The summed E-state index contributed by atoms with van der Waals surface area (Å²) in [4.78, 5) is 0. The van der Waals surface area contributed by atoms with E-state index in [0.29, 0.717) is 0 Å². The van der Waals surface area contributed by atoms with Crippen molar-refractivity contribution in [1.82, 2.24) is 5.32 Å². The molecule has 0 heterocycles. The van der Waals surface area contributed by atoms with Crippen molar-refractivity contribution in [2.45, 2.75) is 19.3 Å². The molecule has 0 unspecified atom stereocenters. The largest absolute Gasteiger partial charge is 0.315 e. The molecule has 1 aromatic rings. The number of rotatable bonds is 5. The molecule has 0 spiro atoms. The minimum absolute atomic E-state index is 0.111. The Balaban J connectivity index is 1.75. The molecule has 1 aliphatic carbocycles. The van der Waals surface area contributed by atoms with Gasteiger partial charge in [-0.1, -0.05) is 17.7 Å². The van der Waals surface area contributed by atoms with Gasteiger partial charge in [-0.05, 0) is 43.5 Å². The maximum absolute atomic E-state index is 12.9. The Labute approximate surface area is 105 Å². The molecular weight excluding hydrogens is 239 g/mol. The van der Waals surface area contributed by atoms with Crippen LogP contribution in [0, 0.1) is 22.6 Å². The van der Waals surface area contributed by atoms with Gasteiger partial charge < -0.3 is 5.32 Å². The van der Waals surface area contributed by atoms with E-state index in [4.69, 9.17) is 16.9 Å². The van der Waals surface area contributed by atoms with Gasteiger partial charge in [-0.25, -0.2) is 4.39 Å². The van der Waals surface area contributed by atoms with E-state index in [1.165, 1.54) is 6.07 Å². The number of nitrogens with one attached hydrogen (secondary N) is 1. The Morgan fingerprint density at radius 2 is 2.24 bits per heavy atom. The zero-order valence-corrected chi connectivity index (χ0v) is 10.2. The number of hydrogen-bond donors (Lipinski definition) is 1. The van der Waals surface area contributed by atoms with Crippen molar-refractivity contribution >= 4 is 11.6 Å². The zero-order chi connectivity index (χ0) is 12.3. The van der Waals surface area contributed by atoms with Crippen LogP contribution in [0.4, 0.5) is 4.39 Å². The molecule has 90 valence electrons. The molecule has 0 amide bonds. The molecule has 1 fully saturated rings. The van der Waals surface area contributed by atoms with Gasteiger partial charge in [0.15, 0.2) is 0 Å². The van der Waals surface area contributed by atoms with Crippen LogP contribution in [0.15, 0.2) is 18.2 Å². The van der Waals surface area contributed by atoms with Gasteiger partial charge in [0.25, 0.3) is 0 Å². The molecule has 2 rings (SSSR count). The fourth-order valence-electron chi connectivity index (χ4n) is 1.73. The highest BCUT2D eigenvalue weighted by Crippen LogP contribution is 2.43. The molecule has 0 aromatic heterocycles. The molecule has 4 heteroatoms. The molecule has 0 bridgehead atoms. The molecule has 2 nitrogen and oxygen atoms in total. The van der Waals surface area contributed by atoms with Crippen LogP contribution in [0.3, 0.4) is 0 Å². The van der Waals surface area contributed by atoms with E-state index in [-0.39, 0.29) is 16.3 Å². The molecule has 0 aliphatic heterocycles. The molecule has 17 heavy (non-hydrogen) atoms. The van der Waals surface area contributed by atoms with Crippen LogP contribution in [-0.2, 0) is 6.42 Å².